The van der Waals surface area contributed by atoms with Gasteiger partial charge in [0.25, 0.3) is 0 Å². The number of aromatic nitrogens is 3. The fourth-order valence-corrected chi connectivity index (χ4v) is 4.14. The number of aliphatic hydroxyl groups is 1. The minimum atomic E-state index is -0.810. The van der Waals surface area contributed by atoms with Crippen LogP contribution < -0.4 is 5.69 Å². The highest BCUT2D eigenvalue weighted by molar-refractivity contribution is 5.77. The van der Waals surface area contributed by atoms with Gasteiger partial charge in [0.2, 0.25) is 0 Å². The molecule has 154 valence electrons. The number of hydrogen-bond donors (Lipinski definition) is 1. The van der Waals surface area contributed by atoms with Crippen molar-refractivity contribution in [2.24, 2.45) is 18.4 Å². The highest BCUT2D eigenvalue weighted by Gasteiger charge is 2.41. The molecule has 0 radical (unpaired) electrons. The predicted molar refractivity (Wildman–Crippen MR) is 117 cm³/mol. The Labute approximate surface area is 172 Å². The standard InChI is InChI=1S/C24H31N3O2/c1-15-7-8-17(24(5,29)16-9-10-16)13-18(15)19-11-12-20-21(25-19)26(6)22(28)27(20)14-23(2,3)4/h7-8,11-13,16,29H,9-10,14H2,1-6H3. The first-order valence-electron chi connectivity index (χ1n) is 10.4. The molecule has 1 N–H and O–H groups in total. The first-order chi connectivity index (χ1) is 13.5. The fourth-order valence-electron chi connectivity index (χ4n) is 4.14. The van der Waals surface area contributed by atoms with Gasteiger partial charge in [0.1, 0.15) is 0 Å². The van der Waals surface area contributed by atoms with Crippen LogP contribution in [0.5, 0.6) is 0 Å². The normalized spacial score (nSPS) is 16.9. The van der Waals surface area contributed by atoms with E-state index >= 15 is 0 Å². The van der Waals surface area contributed by atoms with Gasteiger partial charge in [-0.1, -0.05) is 32.9 Å². The highest BCUT2D eigenvalue weighted by atomic mass is 16.3. The van der Waals surface area contributed by atoms with E-state index < -0.39 is 5.60 Å². The molecule has 3 aromatic rings. The second-order valence-corrected chi connectivity index (χ2v) is 9.98. The lowest BCUT2D eigenvalue weighted by molar-refractivity contribution is 0.0331. The molecule has 5 heteroatoms. The Hall–Kier alpha value is -2.40. The van der Waals surface area contributed by atoms with Crippen molar-refractivity contribution in [3.63, 3.8) is 0 Å². The number of rotatable bonds is 4. The summed E-state index contributed by atoms with van der Waals surface area (Å²) in [5, 5.41) is 11.0. The number of imidazole rings is 1. The van der Waals surface area contributed by atoms with E-state index in [1.54, 1.807) is 11.6 Å². The van der Waals surface area contributed by atoms with Crippen molar-refractivity contribution in [3.05, 3.63) is 51.9 Å². The van der Waals surface area contributed by atoms with E-state index in [2.05, 4.69) is 39.8 Å². The zero-order valence-electron chi connectivity index (χ0n) is 18.3. The molecular formula is C24H31N3O2. The summed E-state index contributed by atoms with van der Waals surface area (Å²) in [6.45, 7) is 11.0. The molecule has 0 aliphatic heterocycles. The zero-order valence-corrected chi connectivity index (χ0v) is 18.3. The van der Waals surface area contributed by atoms with Gasteiger partial charge >= 0.3 is 5.69 Å². The minimum absolute atomic E-state index is 0.00387. The maximum Gasteiger partial charge on any atom is 0.330 e. The Balaban J connectivity index is 1.83. The molecule has 2 heterocycles. The molecule has 1 aromatic carbocycles. The van der Waals surface area contributed by atoms with Gasteiger partial charge in [0, 0.05) is 19.2 Å². The average Bonchev–Trinajstić information content (AvgIpc) is 3.47. The lowest BCUT2D eigenvalue weighted by Crippen LogP contribution is -2.27. The van der Waals surface area contributed by atoms with Crippen molar-refractivity contribution >= 4 is 11.2 Å². The number of nitrogens with zero attached hydrogens (tertiary/aromatic N) is 3. The summed E-state index contributed by atoms with van der Waals surface area (Å²) in [6.07, 6.45) is 2.15. The SMILES string of the molecule is Cc1ccc(C(C)(O)C2CC2)cc1-c1ccc2c(n1)n(C)c(=O)n2CC(C)(C)C. The van der Waals surface area contributed by atoms with Crippen LogP contribution >= 0.6 is 0 Å². The molecule has 1 saturated carbocycles. The lowest BCUT2D eigenvalue weighted by Gasteiger charge is -2.24. The quantitative estimate of drug-likeness (QED) is 0.716. The van der Waals surface area contributed by atoms with Gasteiger partial charge in [-0.25, -0.2) is 9.78 Å². The maximum absolute atomic E-state index is 12.8. The number of hydrogen-bond acceptors (Lipinski definition) is 3. The molecule has 1 aliphatic carbocycles. The lowest BCUT2D eigenvalue weighted by atomic mass is 9.88. The molecule has 0 spiro atoms. The second-order valence-electron chi connectivity index (χ2n) is 9.98. The smallest absolute Gasteiger partial charge is 0.330 e. The third-order valence-corrected chi connectivity index (χ3v) is 6.08. The molecule has 1 aliphatic rings. The van der Waals surface area contributed by atoms with Crippen molar-refractivity contribution < 1.29 is 5.11 Å². The van der Waals surface area contributed by atoms with E-state index in [1.807, 2.05) is 29.7 Å². The fraction of sp³-hybridized carbons (Fsp3) is 0.500. The Morgan fingerprint density at radius 1 is 1.14 bits per heavy atom. The average molecular weight is 394 g/mol. The molecule has 2 aromatic heterocycles. The van der Waals surface area contributed by atoms with Crippen molar-refractivity contribution in [2.75, 3.05) is 0 Å². The molecule has 0 amide bonds. The summed E-state index contributed by atoms with van der Waals surface area (Å²) < 4.78 is 3.44. The third-order valence-electron chi connectivity index (χ3n) is 6.08. The van der Waals surface area contributed by atoms with E-state index in [0.29, 0.717) is 18.1 Å². The van der Waals surface area contributed by atoms with Crippen LogP contribution in [-0.2, 0) is 19.2 Å². The van der Waals surface area contributed by atoms with E-state index in [0.717, 1.165) is 40.7 Å². The largest absolute Gasteiger partial charge is 0.385 e. The van der Waals surface area contributed by atoms with Crippen molar-refractivity contribution in [2.45, 2.75) is 59.6 Å². The number of aryl methyl sites for hydroxylation is 2. The monoisotopic (exact) mass is 393 g/mol. The number of fused-ring (bicyclic) bond motifs is 1. The molecule has 0 saturated heterocycles. The van der Waals surface area contributed by atoms with Gasteiger partial charge in [-0.3, -0.25) is 9.13 Å². The zero-order chi connectivity index (χ0) is 21.1. The first-order valence-corrected chi connectivity index (χ1v) is 10.4. The maximum atomic E-state index is 12.8. The molecular weight excluding hydrogens is 362 g/mol. The first kappa shape index (κ1) is 19.9. The Morgan fingerprint density at radius 2 is 1.83 bits per heavy atom. The predicted octanol–water partition coefficient (Wildman–Crippen LogP) is 4.37. The van der Waals surface area contributed by atoms with Gasteiger partial charge in [0.05, 0.1) is 16.8 Å². The highest BCUT2D eigenvalue weighted by Crippen LogP contribution is 2.46. The van der Waals surface area contributed by atoms with Gasteiger partial charge in [-0.05, 0) is 67.3 Å². The van der Waals surface area contributed by atoms with Crippen LogP contribution in [0.2, 0.25) is 0 Å². The van der Waals surface area contributed by atoms with Gasteiger partial charge < -0.3 is 5.11 Å². The molecule has 1 atom stereocenters. The van der Waals surface area contributed by atoms with Gasteiger partial charge in [-0.15, -0.1) is 0 Å². The molecule has 5 nitrogen and oxygen atoms in total. The molecule has 0 bridgehead atoms. The van der Waals surface area contributed by atoms with Crippen LogP contribution in [-0.4, -0.2) is 19.2 Å². The van der Waals surface area contributed by atoms with E-state index in [4.69, 9.17) is 4.98 Å². The minimum Gasteiger partial charge on any atom is -0.385 e. The summed E-state index contributed by atoms with van der Waals surface area (Å²) in [5.41, 5.74) is 4.56. The summed E-state index contributed by atoms with van der Waals surface area (Å²) in [6, 6.07) is 10.1. The summed E-state index contributed by atoms with van der Waals surface area (Å²) in [7, 11) is 1.78. The van der Waals surface area contributed by atoms with Crippen LogP contribution in [0.1, 0.15) is 51.7 Å². The van der Waals surface area contributed by atoms with Crippen molar-refractivity contribution in [1.82, 2.24) is 14.1 Å². The van der Waals surface area contributed by atoms with Crippen LogP contribution in [0.3, 0.4) is 0 Å². The van der Waals surface area contributed by atoms with Crippen molar-refractivity contribution in [3.8, 4) is 11.3 Å². The van der Waals surface area contributed by atoms with Gasteiger partial charge in [-0.2, -0.15) is 0 Å². The number of pyridine rings is 1. The molecule has 1 unspecified atom stereocenters. The van der Waals surface area contributed by atoms with Crippen molar-refractivity contribution in [1.29, 1.82) is 0 Å². The summed E-state index contributed by atoms with van der Waals surface area (Å²) in [4.78, 5) is 17.7. The third kappa shape index (κ3) is 3.52. The Morgan fingerprint density at radius 3 is 2.45 bits per heavy atom. The summed E-state index contributed by atoms with van der Waals surface area (Å²) in [5.74, 6) is 0.334. The van der Waals surface area contributed by atoms with Crippen LogP contribution in [0.25, 0.3) is 22.4 Å². The van der Waals surface area contributed by atoms with E-state index in [9.17, 15) is 9.90 Å². The Bertz CT molecular complexity index is 1140. The number of benzene rings is 1. The van der Waals surface area contributed by atoms with Gasteiger partial charge in [0.15, 0.2) is 5.65 Å². The molecule has 29 heavy (non-hydrogen) atoms. The molecule has 4 rings (SSSR count). The molecule has 1 fully saturated rings. The Kier molecular flexibility index (Phi) is 4.50. The van der Waals surface area contributed by atoms with Crippen LogP contribution in [0, 0.1) is 18.3 Å². The van der Waals surface area contributed by atoms with E-state index in [1.165, 1.54) is 0 Å². The second kappa shape index (κ2) is 6.56. The van der Waals surface area contributed by atoms with Crippen LogP contribution in [0.15, 0.2) is 35.1 Å². The van der Waals surface area contributed by atoms with Crippen LogP contribution in [0.4, 0.5) is 0 Å². The van der Waals surface area contributed by atoms with E-state index in [-0.39, 0.29) is 11.1 Å². The summed E-state index contributed by atoms with van der Waals surface area (Å²) >= 11 is 0. The topological polar surface area (TPSA) is 60.1 Å².